The lowest BCUT2D eigenvalue weighted by atomic mass is 9.95. The van der Waals surface area contributed by atoms with Crippen LogP contribution >= 0.6 is 0 Å². The van der Waals surface area contributed by atoms with Crippen LogP contribution in [-0.2, 0) is 25.5 Å². The highest BCUT2D eigenvalue weighted by Gasteiger charge is 2.51. The highest BCUT2D eigenvalue weighted by Crippen LogP contribution is 2.43. The van der Waals surface area contributed by atoms with Crippen molar-refractivity contribution in [3.63, 3.8) is 0 Å². The van der Waals surface area contributed by atoms with Crippen molar-refractivity contribution in [3.8, 4) is 0 Å². The molecule has 4 rings (SSSR count). The second-order valence-electron chi connectivity index (χ2n) is 11.7. The number of amides is 3. The first-order valence-corrected chi connectivity index (χ1v) is 15.2. The number of carbonyl (C=O) groups is 3. The van der Waals surface area contributed by atoms with Crippen LogP contribution in [0.1, 0.15) is 49.5 Å². The number of ether oxygens (including phenoxy) is 1. The van der Waals surface area contributed by atoms with Gasteiger partial charge in [0, 0.05) is 18.2 Å². The van der Waals surface area contributed by atoms with E-state index in [4.69, 9.17) is 4.74 Å². The Balaban J connectivity index is 1.40. The molecule has 42 heavy (non-hydrogen) atoms. The van der Waals surface area contributed by atoms with Gasteiger partial charge in [-0.15, -0.1) is 0 Å². The molecule has 1 saturated carbocycles. The van der Waals surface area contributed by atoms with Gasteiger partial charge in [0.05, 0.1) is 28.8 Å². The molecule has 228 valence electrons. The van der Waals surface area contributed by atoms with E-state index in [1.165, 1.54) is 23.1 Å². The summed E-state index contributed by atoms with van der Waals surface area (Å²) in [6.45, 7) is 5.02. The van der Waals surface area contributed by atoms with Gasteiger partial charge in [-0.25, -0.2) is 13.2 Å². The van der Waals surface area contributed by atoms with Gasteiger partial charge in [-0.1, -0.05) is 24.3 Å². The molecule has 1 saturated heterocycles. The molecule has 0 spiro atoms. The van der Waals surface area contributed by atoms with E-state index in [2.05, 4.69) is 10.6 Å². The zero-order chi connectivity index (χ0) is 30.9. The molecule has 1 aliphatic heterocycles. The predicted octanol–water partition coefficient (Wildman–Crippen LogP) is 4.04. The van der Waals surface area contributed by atoms with Gasteiger partial charge in [-0.2, -0.15) is 13.2 Å². The summed E-state index contributed by atoms with van der Waals surface area (Å²) in [6.07, 6.45) is -4.31. The highest BCUT2D eigenvalue weighted by molar-refractivity contribution is 7.91. The number of hydrogen-bond donors (Lipinski definition) is 2. The lowest BCUT2D eigenvalue weighted by Crippen LogP contribution is -2.46. The maximum Gasteiger partial charge on any atom is 0.416 e. The fraction of sp³-hybridized carbons (Fsp3) is 0.483. The fourth-order valence-electron chi connectivity index (χ4n) is 5.65. The molecule has 1 aliphatic carbocycles. The average molecular weight is 610 g/mol. The molecule has 2 aromatic carbocycles. The van der Waals surface area contributed by atoms with E-state index in [0.29, 0.717) is 18.9 Å². The van der Waals surface area contributed by atoms with Crippen LogP contribution in [0, 0.1) is 11.8 Å². The molecule has 13 heteroatoms. The van der Waals surface area contributed by atoms with Gasteiger partial charge in [0.2, 0.25) is 5.91 Å². The van der Waals surface area contributed by atoms with Gasteiger partial charge in [0.15, 0.2) is 9.84 Å². The van der Waals surface area contributed by atoms with Crippen molar-refractivity contribution in [2.24, 2.45) is 11.8 Å². The Kier molecular flexibility index (Phi) is 8.91. The van der Waals surface area contributed by atoms with E-state index in [-0.39, 0.29) is 40.6 Å². The van der Waals surface area contributed by atoms with E-state index >= 15 is 0 Å². The van der Waals surface area contributed by atoms with Crippen molar-refractivity contribution < 1.29 is 40.7 Å². The van der Waals surface area contributed by atoms with E-state index in [0.717, 1.165) is 12.1 Å². The molecule has 0 bridgehead atoms. The third-order valence-electron chi connectivity index (χ3n) is 7.42. The van der Waals surface area contributed by atoms with E-state index in [9.17, 15) is 36.0 Å². The fourth-order valence-corrected chi connectivity index (χ4v) is 7.29. The van der Waals surface area contributed by atoms with Crippen LogP contribution in [0.2, 0.25) is 0 Å². The Hall–Kier alpha value is -3.61. The first kappa shape index (κ1) is 31.3. The quantitative estimate of drug-likeness (QED) is 0.489. The summed E-state index contributed by atoms with van der Waals surface area (Å²) in [5.74, 6) is -1.96. The highest BCUT2D eigenvalue weighted by atomic mass is 32.2. The van der Waals surface area contributed by atoms with Crippen LogP contribution in [0.4, 0.5) is 18.0 Å². The van der Waals surface area contributed by atoms with Crippen LogP contribution in [0.15, 0.2) is 59.5 Å². The normalized spacial score (nSPS) is 22.4. The van der Waals surface area contributed by atoms with Crippen LogP contribution in [0.25, 0.3) is 0 Å². The minimum absolute atomic E-state index is 0.0847. The zero-order valence-corrected chi connectivity index (χ0v) is 24.3. The second-order valence-corrected chi connectivity index (χ2v) is 13.7. The minimum atomic E-state index is -4.61. The van der Waals surface area contributed by atoms with Gasteiger partial charge in [0.1, 0.15) is 5.60 Å². The number of rotatable bonds is 7. The maximum atomic E-state index is 13.3. The SMILES string of the molecule is CC(C)(C)OC(=O)N1CC2CC(NC(=O)CNC(=O)c3cccc(C(F)(F)F)c3)CC2C1CS(=O)(=O)c1ccccc1. The molecular weight excluding hydrogens is 575 g/mol. The summed E-state index contributed by atoms with van der Waals surface area (Å²) in [5, 5.41) is 5.17. The van der Waals surface area contributed by atoms with Crippen LogP contribution < -0.4 is 10.6 Å². The number of carbonyl (C=O) groups excluding carboxylic acids is 3. The van der Waals surface area contributed by atoms with Gasteiger partial charge in [-0.3, -0.25) is 9.59 Å². The third kappa shape index (κ3) is 7.61. The number of sulfone groups is 1. The van der Waals surface area contributed by atoms with E-state index in [1.54, 1.807) is 39.0 Å². The molecule has 0 aromatic heterocycles. The summed E-state index contributed by atoms with van der Waals surface area (Å²) in [4.78, 5) is 39.7. The van der Waals surface area contributed by atoms with Gasteiger partial charge in [-0.05, 0) is 75.8 Å². The molecular formula is C29H34F3N3O6S. The van der Waals surface area contributed by atoms with Crippen LogP contribution in [0.5, 0.6) is 0 Å². The Morgan fingerprint density at radius 1 is 1.00 bits per heavy atom. The summed E-state index contributed by atoms with van der Waals surface area (Å²) < 4.78 is 71.0. The Labute approximate surface area is 242 Å². The molecule has 2 fully saturated rings. The number of nitrogens with one attached hydrogen (secondary N) is 2. The van der Waals surface area contributed by atoms with Gasteiger partial charge < -0.3 is 20.3 Å². The lowest BCUT2D eigenvalue weighted by Gasteiger charge is -2.31. The van der Waals surface area contributed by atoms with Crippen molar-refractivity contribution in [1.82, 2.24) is 15.5 Å². The average Bonchev–Trinajstić information content (AvgIpc) is 3.44. The van der Waals surface area contributed by atoms with Crippen molar-refractivity contribution in [3.05, 3.63) is 65.7 Å². The molecule has 3 amide bonds. The lowest BCUT2D eigenvalue weighted by molar-refractivity contribution is -0.137. The molecule has 9 nitrogen and oxygen atoms in total. The summed E-state index contributed by atoms with van der Waals surface area (Å²) in [6, 6.07) is 10.9. The first-order chi connectivity index (χ1) is 19.5. The number of hydrogen-bond acceptors (Lipinski definition) is 6. The van der Waals surface area contributed by atoms with Crippen molar-refractivity contribution in [1.29, 1.82) is 0 Å². The van der Waals surface area contributed by atoms with Crippen LogP contribution in [0.3, 0.4) is 0 Å². The molecule has 1 heterocycles. The minimum Gasteiger partial charge on any atom is -0.444 e. The van der Waals surface area contributed by atoms with Crippen molar-refractivity contribution in [2.75, 3.05) is 18.8 Å². The van der Waals surface area contributed by atoms with E-state index < -0.39 is 57.7 Å². The molecule has 2 aliphatic rings. The summed E-state index contributed by atoms with van der Waals surface area (Å²) >= 11 is 0. The number of alkyl halides is 3. The summed E-state index contributed by atoms with van der Waals surface area (Å²) in [5.41, 5.74) is -1.97. The van der Waals surface area contributed by atoms with Crippen molar-refractivity contribution in [2.45, 2.75) is 62.4 Å². The second kappa shape index (κ2) is 11.9. The van der Waals surface area contributed by atoms with Crippen molar-refractivity contribution >= 4 is 27.7 Å². The first-order valence-electron chi connectivity index (χ1n) is 13.6. The standard InChI is InChI=1S/C29H34F3N3O6S/c1-28(2,3)41-27(38)35-16-19-13-21(14-23(19)24(35)17-42(39,40)22-10-5-4-6-11-22)34-25(36)15-33-26(37)18-8-7-9-20(12-18)29(30,31)32/h4-12,19,21,23-24H,13-17H2,1-3H3,(H,33,37)(H,34,36). The maximum absolute atomic E-state index is 13.3. The number of nitrogens with zero attached hydrogens (tertiary/aromatic N) is 1. The Morgan fingerprint density at radius 3 is 2.33 bits per heavy atom. The number of benzene rings is 2. The summed E-state index contributed by atoms with van der Waals surface area (Å²) in [7, 11) is -3.74. The Bertz CT molecular complexity index is 1430. The molecule has 4 atom stereocenters. The molecule has 0 radical (unpaired) electrons. The third-order valence-corrected chi connectivity index (χ3v) is 9.19. The topological polar surface area (TPSA) is 122 Å². The zero-order valence-electron chi connectivity index (χ0n) is 23.5. The predicted molar refractivity (Wildman–Crippen MR) is 147 cm³/mol. The molecule has 2 aromatic rings. The van der Waals surface area contributed by atoms with Gasteiger partial charge in [0.25, 0.3) is 5.91 Å². The number of fused-ring (bicyclic) bond motifs is 1. The molecule has 4 unspecified atom stereocenters. The number of halogens is 3. The monoisotopic (exact) mass is 609 g/mol. The largest absolute Gasteiger partial charge is 0.444 e. The Morgan fingerprint density at radius 2 is 1.69 bits per heavy atom. The number of likely N-dealkylation sites (tertiary alicyclic amines) is 1. The van der Waals surface area contributed by atoms with Crippen LogP contribution in [-0.4, -0.2) is 67.8 Å². The molecule has 2 N–H and O–H groups in total. The van der Waals surface area contributed by atoms with E-state index in [1.807, 2.05) is 0 Å². The van der Waals surface area contributed by atoms with Gasteiger partial charge >= 0.3 is 12.3 Å². The smallest absolute Gasteiger partial charge is 0.416 e.